The molecular formula is C20H20BrN3O4S. The van der Waals surface area contributed by atoms with Crippen LogP contribution < -0.4 is 14.5 Å². The summed E-state index contributed by atoms with van der Waals surface area (Å²) in [6, 6.07) is 12.2. The van der Waals surface area contributed by atoms with Gasteiger partial charge in [-0.15, -0.1) is 0 Å². The van der Waals surface area contributed by atoms with Crippen molar-refractivity contribution < 1.29 is 18.0 Å². The number of fused-ring (bicyclic) bond motifs is 1. The van der Waals surface area contributed by atoms with Crippen LogP contribution in [-0.4, -0.2) is 40.4 Å². The molecule has 2 aliphatic heterocycles. The van der Waals surface area contributed by atoms with Crippen LogP contribution in [0.2, 0.25) is 0 Å². The molecule has 0 spiro atoms. The molecule has 2 heterocycles. The maximum absolute atomic E-state index is 13.2. The fraction of sp³-hybridized carbons (Fsp3) is 0.300. The minimum atomic E-state index is -3.54. The molecule has 1 fully saturated rings. The monoisotopic (exact) mass is 477 g/mol. The van der Waals surface area contributed by atoms with E-state index >= 15 is 0 Å². The van der Waals surface area contributed by atoms with Gasteiger partial charge in [0.05, 0.1) is 10.6 Å². The fourth-order valence-corrected chi connectivity index (χ4v) is 5.18. The molecule has 1 N–H and O–H groups in total. The predicted molar refractivity (Wildman–Crippen MR) is 113 cm³/mol. The van der Waals surface area contributed by atoms with Crippen LogP contribution in [0.4, 0.5) is 11.4 Å². The number of hydrogen-bond donors (Lipinski definition) is 1. The number of nitrogens with zero attached hydrogens (tertiary/aromatic N) is 2. The number of halogens is 1. The summed E-state index contributed by atoms with van der Waals surface area (Å²) >= 11 is 3.46. The van der Waals surface area contributed by atoms with Crippen LogP contribution in [0, 0.1) is 5.92 Å². The Labute approximate surface area is 177 Å². The fourth-order valence-electron chi connectivity index (χ4n) is 3.90. The van der Waals surface area contributed by atoms with Gasteiger partial charge in [0.2, 0.25) is 21.8 Å². The average Bonchev–Trinajstić information content (AvgIpc) is 3.31. The Bertz CT molecular complexity index is 1100. The molecule has 0 aromatic heterocycles. The van der Waals surface area contributed by atoms with Crippen LogP contribution in [-0.2, 0) is 26.0 Å². The van der Waals surface area contributed by atoms with Gasteiger partial charge in [-0.3, -0.25) is 9.59 Å². The van der Waals surface area contributed by atoms with Crippen molar-refractivity contribution in [1.82, 2.24) is 4.72 Å². The lowest BCUT2D eigenvalue weighted by atomic mass is 10.1. The van der Waals surface area contributed by atoms with Gasteiger partial charge in [-0.2, -0.15) is 0 Å². The van der Waals surface area contributed by atoms with Crippen molar-refractivity contribution in [3.63, 3.8) is 0 Å². The molecule has 4 rings (SSSR count). The Morgan fingerprint density at radius 3 is 2.62 bits per heavy atom. The van der Waals surface area contributed by atoms with E-state index in [0.717, 1.165) is 15.7 Å². The molecule has 0 aliphatic carbocycles. The van der Waals surface area contributed by atoms with Crippen LogP contribution >= 0.6 is 15.9 Å². The number of sulfonamides is 1. The summed E-state index contributed by atoms with van der Waals surface area (Å²) < 4.78 is 27.1. The van der Waals surface area contributed by atoms with Crippen LogP contribution in [0.15, 0.2) is 51.8 Å². The summed E-state index contributed by atoms with van der Waals surface area (Å²) in [5.41, 5.74) is 2.23. The minimum absolute atomic E-state index is 0.171. The molecule has 29 heavy (non-hydrogen) atoms. The Morgan fingerprint density at radius 2 is 1.90 bits per heavy atom. The van der Waals surface area contributed by atoms with Crippen molar-refractivity contribution in [3.05, 3.63) is 52.5 Å². The third kappa shape index (κ3) is 3.47. The molecule has 152 valence electrons. The van der Waals surface area contributed by atoms with Gasteiger partial charge in [0.25, 0.3) is 0 Å². The number of rotatable bonds is 4. The molecule has 2 aromatic rings. The van der Waals surface area contributed by atoms with E-state index in [4.69, 9.17) is 0 Å². The van der Waals surface area contributed by atoms with E-state index in [0.29, 0.717) is 31.6 Å². The summed E-state index contributed by atoms with van der Waals surface area (Å²) in [6.45, 7) is 0.925. The smallest absolute Gasteiger partial charge is 0.240 e. The highest BCUT2D eigenvalue weighted by Gasteiger charge is 2.41. The standard InChI is InChI=1S/C20H20BrN3O4S/c1-22-29(27,28)14-6-7-17-13(12-14)8-10-23(17)19(25)15-9-11-24(20(15)26)18-5-3-2-4-16(18)21/h2-7,12,15,22H,8-11H2,1H3. The minimum Gasteiger partial charge on any atom is -0.311 e. The number of anilines is 2. The highest BCUT2D eigenvalue weighted by Crippen LogP contribution is 2.35. The van der Waals surface area contributed by atoms with Crippen molar-refractivity contribution in [1.29, 1.82) is 0 Å². The highest BCUT2D eigenvalue weighted by molar-refractivity contribution is 9.10. The second-order valence-corrected chi connectivity index (χ2v) is 9.76. The van der Waals surface area contributed by atoms with Crippen LogP contribution in [0.3, 0.4) is 0 Å². The summed E-state index contributed by atoms with van der Waals surface area (Å²) in [7, 11) is -2.18. The SMILES string of the molecule is CNS(=O)(=O)c1ccc2c(c1)CCN2C(=O)C1CCN(c2ccccc2Br)C1=O. The third-order valence-corrected chi connectivity index (χ3v) is 7.52. The highest BCUT2D eigenvalue weighted by atomic mass is 79.9. The van der Waals surface area contributed by atoms with Gasteiger partial charge in [-0.1, -0.05) is 12.1 Å². The molecule has 2 aromatic carbocycles. The van der Waals surface area contributed by atoms with Crippen LogP contribution in [0.1, 0.15) is 12.0 Å². The Kier molecular flexibility index (Phi) is 5.22. The quantitative estimate of drug-likeness (QED) is 0.684. The number of benzene rings is 2. The molecule has 1 saturated heterocycles. The number of hydrogen-bond acceptors (Lipinski definition) is 4. The van der Waals surface area contributed by atoms with E-state index < -0.39 is 15.9 Å². The molecule has 0 radical (unpaired) electrons. The number of carbonyl (C=O) groups excluding carboxylic acids is 2. The second kappa shape index (κ2) is 7.55. The largest absolute Gasteiger partial charge is 0.311 e. The lowest BCUT2D eigenvalue weighted by Crippen LogP contribution is -2.39. The van der Waals surface area contributed by atoms with Gasteiger partial charge in [0.1, 0.15) is 5.92 Å². The maximum atomic E-state index is 13.2. The Morgan fingerprint density at radius 1 is 1.14 bits per heavy atom. The topological polar surface area (TPSA) is 86.8 Å². The number of para-hydroxylation sites is 1. The van der Waals surface area contributed by atoms with Gasteiger partial charge < -0.3 is 9.80 Å². The maximum Gasteiger partial charge on any atom is 0.240 e. The van der Waals surface area contributed by atoms with Crippen LogP contribution in [0.5, 0.6) is 0 Å². The molecule has 0 bridgehead atoms. The summed E-state index contributed by atoms with van der Waals surface area (Å²) in [5, 5.41) is 0. The Hall–Kier alpha value is -2.23. The number of carbonyl (C=O) groups is 2. The first-order valence-electron chi connectivity index (χ1n) is 9.27. The summed E-state index contributed by atoms with van der Waals surface area (Å²) in [4.78, 5) is 29.5. The lowest BCUT2D eigenvalue weighted by Gasteiger charge is -2.22. The molecule has 1 atom stereocenters. The van der Waals surface area contributed by atoms with Crippen molar-refractivity contribution in [2.45, 2.75) is 17.7 Å². The van der Waals surface area contributed by atoms with E-state index in [9.17, 15) is 18.0 Å². The molecule has 2 aliphatic rings. The first kappa shape index (κ1) is 20.1. The zero-order chi connectivity index (χ0) is 20.8. The predicted octanol–water partition coefficient (Wildman–Crippen LogP) is 2.30. The van der Waals surface area contributed by atoms with Crippen molar-refractivity contribution in [2.24, 2.45) is 5.92 Å². The molecule has 2 amide bonds. The molecule has 0 saturated carbocycles. The first-order valence-corrected chi connectivity index (χ1v) is 11.5. The van der Waals surface area contributed by atoms with E-state index in [1.807, 2.05) is 24.3 Å². The van der Waals surface area contributed by atoms with E-state index in [1.54, 1.807) is 21.9 Å². The van der Waals surface area contributed by atoms with E-state index in [-0.39, 0.29) is 16.7 Å². The summed E-state index contributed by atoms with van der Waals surface area (Å²) in [5.74, 6) is -1.16. The molecule has 1 unspecified atom stereocenters. The van der Waals surface area contributed by atoms with Gasteiger partial charge in [0.15, 0.2) is 0 Å². The second-order valence-electron chi connectivity index (χ2n) is 7.02. The summed E-state index contributed by atoms with van der Waals surface area (Å²) in [6.07, 6.45) is 1.01. The van der Waals surface area contributed by atoms with Crippen LogP contribution in [0.25, 0.3) is 0 Å². The first-order chi connectivity index (χ1) is 13.8. The molecule has 7 nitrogen and oxygen atoms in total. The Balaban J connectivity index is 1.57. The number of nitrogens with one attached hydrogen (secondary N) is 1. The lowest BCUT2D eigenvalue weighted by molar-refractivity contribution is -0.130. The van der Waals surface area contributed by atoms with Crippen molar-refractivity contribution in [2.75, 3.05) is 29.9 Å². The van der Waals surface area contributed by atoms with E-state index in [2.05, 4.69) is 20.7 Å². The van der Waals surface area contributed by atoms with Gasteiger partial charge >= 0.3 is 0 Å². The van der Waals surface area contributed by atoms with Gasteiger partial charge in [-0.05, 0) is 71.7 Å². The average molecular weight is 478 g/mol. The third-order valence-electron chi connectivity index (χ3n) is 5.44. The molecular weight excluding hydrogens is 458 g/mol. The zero-order valence-electron chi connectivity index (χ0n) is 15.8. The number of amides is 2. The van der Waals surface area contributed by atoms with E-state index in [1.165, 1.54) is 13.1 Å². The molecule has 9 heteroatoms. The normalized spacial score (nSPS) is 19.0. The zero-order valence-corrected chi connectivity index (χ0v) is 18.2. The van der Waals surface area contributed by atoms with Gasteiger partial charge in [0, 0.05) is 23.2 Å². The van der Waals surface area contributed by atoms with Gasteiger partial charge in [-0.25, -0.2) is 13.1 Å². The van der Waals surface area contributed by atoms with Crippen molar-refractivity contribution in [3.8, 4) is 0 Å². The van der Waals surface area contributed by atoms with Crippen molar-refractivity contribution >= 4 is 49.1 Å².